The molecule has 118 valence electrons. The van der Waals surface area contributed by atoms with Crippen molar-refractivity contribution in [1.29, 1.82) is 0 Å². The van der Waals surface area contributed by atoms with E-state index in [1.165, 1.54) is 23.8 Å². The van der Waals surface area contributed by atoms with Crippen LogP contribution in [0.4, 0.5) is 11.5 Å². The first kappa shape index (κ1) is 16.0. The van der Waals surface area contributed by atoms with Gasteiger partial charge in [-0.1, -0.05) is 19.3 Å². The molecule has 1 aromatic heterocycles. The Bertz CT molecular complexity index is 602. The SMILES string of the molecule is CCn1c(N)c(NCC2(SC)CCCCC2)c(=O)[nH]c1=O. The monoisotopic (exact) mass is 312 g/mol. The molecule has 21 heavy (non-hydrogen) atoms. The third-order valence-electron chi connectivity index (χ3n) is 4.34. The van der Waals surface area contributed by atoms with Gasteiger partial charge in [0.05, 0.1) is 0 Å². The number of rotatable bonds is 5. The molecule has 1 heterocycles. The van der Waals surface area contributed by atoms with Gasteiger partial charge in [-0.2, -0.15) is 11.8 Å². The highest BCUT2D eigenvalue weighted by molar-refractivity contribution is 8.00. The third-order valence-corrected chi connectivity index (χ3v) is 5.76. The van der Waals surface area contributed by atoms with Crippen molar-refractivity contribution in [2.45, 2.75) is 50.3 Å². The fourth-order valence-corrected chi connectivity index (χ4v) is 3.88. The van der Waals surface area contributed by atoms with Gasteiger partial charge in [-0.3, -0.25) is 14.3 Å². The van der Waals surface area contributed by atoms with Gasteiger partial charge in [-0.05, 0) is 26.0 Å². The highest BCUT2D eigenvalue weighted by Gasteiger charge is 2.31. The minimum atomic E-state index is -0.456. The number of thioether (sulfide) groups is 1. The fourth-order valence-electron chi connectivity index (χ4n) is 2.97. The second-order valence-electron chi connectivity index (χ2n) is 5.57. The van der Waals surface area contributed by atoms with Gasteiger partial charge in [0.1, 0.15) is 11.5 Å². The van der Waals surface area contributed by atoms with Crippen LogP contribution in [0.2, 0.25) is 0 Å². The Hall–Kier alpha value is -1.37. The number of aromatic nitrogens is 2. The smallest absolute Gasteiger partial charge is 0.330 e. The van der Waals surface area contributed by atoms with Gasteiger partial charge < -0.3 is 11.1 Å². The molecular formula is C14H24N4O2S. The molecule has 4 N–H and O–H groups in total. The zero-order chi connectivity index (χ0) is 15.5. The molecule has 0 bridgehead atoms. The number of nitrogen functional groups attached to an aromatic ring is 1. The van der Waals surface area contributed by atoms with E-state index in [-0.39, 0.29) is 10.6 Å². The molecule has 0 saturated heterocycles. The van der Waals surface area contributed by atoms with Crippen molar-refractivity contribution in [3.8, 4) is 0 Å². The summed E-state index contributed by atoms with van der Waals surface area (Å²) in [5.41, 5.74) is 5.39. The summed E-state index contributed by atoms with van der Waals surface area (Å²) in [5, 5.41) is 3.20. The largest absolute Gasteiger partial charge is 0.383 e. The molecule has 0 atom stereocenters. The predicted molar refractivity (Wildman–Crippen MR) is 89.2 cm³/mol. The normalized spacial score (nSPS) is 17.6. The maximum absolute atomic E-state index is 12.0. The number of hydrogen-bond acceptors (Lipinski definition) is 5. The van der Waals surface area contributed by atoms with E-state index in [1.807, 2.05) is 18.7 Å². The van der Waals surface area contributed by atoms with Gasteiger partial charge in [-0.15, -0.1) is 0 Å². The summed E-state index contributed by atoms with van der Waals surface area (Å²) in [6, 6.07) is 0. The molecule has 0 radical (unpaired) electrons. The van der Waals surface area contributed by atoms with Gasteiger partial charge in [0.15, 0.2) is 0 Å². The van der Waals surface area contributed by atoms with Gasteiger partial charge in [0.25, 0.3) is 5.56 Å². The number of nitrogens with zero attached hydrogens (tertiary/aromatic N) is 1. The number of H-pyrrole nitrogens is 1. The second-order valence-corrected chi connectivity index (χ2v) is 6.84. The average molecular weight is 312 g/mol. The van der Waals surface area contributed by atoms with Crippen molar-refractivity contribution in [1.82, 2.24) is 9.55 Å². The van der Waals surface area contributed by atoms with Gasteiger partial charge in [0, 0.05) is 17.8 Å². The predicted octanol–water partition coefficient (Wildman–Crippen LogP) is 1.62. The van der Waals surface area contributed by atoms with E-state index in [0.717, 1.165) is 12.8 Å². The van der Waals surface area contributed by atoms with Crippen LogP contribution in [0.3, 0.4) is 0 Å². The van der Waals surface area contributed by atoms with E-state index in [2.05, 4.69) is 16.6 Å². The molecule has 2 rings (SSSR count). The Balaban J connectivity index is 2.23. The van der Waals surface area contributed by atoms with Crippen molar-refractivity contribution in [2.75, 3.05) is 23.9 Å². The Morgan fingerprint density at radius 1 is 1.33 bits per heavy atom. The van der Waals surface area contributed by atoms with Crippen molar-refractivity contribution in [3.05, 3.63) is 20.8 Å². The summed E-state index contributed by atoms with van der Waals surface area (Å²) in [5.74, 6) is 0.221. The number of aromatic amines is 1. The summed E-state index contributed by atoms with van der Waals surface area (Å²) in [7, 11) is 0. The molecule has 7 heteroatoms. The first-order chi connectivity index (χ1) is 10.0. The minimum absolute atomic E-state index is 0.157. The molecule has 0 aromatic carbocycles. The van der Waals surface area contributed by atoms with Crippen LogP contribution < -0.4 is 22.3 Å². The fraction of sp³-hybridized carbons (Fsp3) is 0.714. The van der Waals surface area contributed by atoms with Gasteiger partial charge >= 0.3 is 5.69 Å². The lowest BCUT2D eigenvalue weighted by molar-refractivity contribution is 0.411. The molecule has 1 aliphatic carbocycles. The molecule has 1 aromatic rings. The zero-order valence-electron chi connectivity index (χ0n) is 12.7. The Morgan fingerprint density at radius 2 is 2.00 bits per heavy atom. The first-order valence-electron chi connectivity index (χ1n) is 7.44. The van der Waals surface area contributed by atoms with Crippen LogP contribution in [0.25, 0.3) is 0 Å². The van der Waals surface area contributed by atoms with Crippen molar-refractivity contribution in [2.24, 2.45) is 0 Å². The molecule has 0 aliphatic heterocycles. The van der Waals surface area contributed by atoms with Crippen LogP contribution in [0.15, 0.2) is 9.59 Å². The molecular weight excluding hydrogens is 288 g/mol. The van der Waals surface area contributed by atoms with Crippen LogP contribution in [-0.2, 0) is 6.54 Å². The van der Waals surface area contributed by atoms with Crippen molar-refractivity contribution >= 4 is 23.3 Å². The van der Waals surface area contributed by atoms with E-state index in [4.69, 9.17) is 5.73 Å². The Morgan fingerprint density at radius 3 is 2.57 bits per heavy atom. The highest BCUT2D eigenvalue weighted by atomic mass is 32.2. The molecule has 0 amide bonds. The van der Waals surface area contributed by atoms with Crippen molar-refractivity contribution < 1.29 is 0 Å². The summed E-state index contributed by atoms with van der Waals surface area (Å²) in [4.78, 5) is 26.0. The number of anilines is 2. The quantitative estimate of drug-likeness (QED) is 0.768. The Labute approximate surface area is 128 Å². The standard InChI is InChI=1S/C14H24N4O2S/c1-3-18-11(15)10(12(19)17-13(18)20)16-9-14(21-2)7-5-4-6-8-14/h16H,3-9,15H2,1-2H3,(H,17,19,20). The maximum Gasteiger partial charge on any atom is 0.330 e. The summed E-state index contributed by atoms with van der Waals surface area (Å²) in [6.45, 7) is 2.96. The number of nitrogens with one attached hydrogen (secondary N) is 2. The van der Waals surface area contributed by atoms with E-state index in [9.17, 15) is 9.59 Å². The molecule has 1 saturated carbocycles. The van der Waals surface area contributed by atoms with Gasteiger partial charge in [-0.25, -0.2) is 4.79 Å². The third kappa shape index (κ3) is 3.28. The first-order valence-corrected chi connectivity index (χ1v) is 8.67. The molecule has 1 fully saturated rings. The lowest BCUT2D eigenvalue weighted by Gasteiger charge is -2.36. The second kappa shape index (κ2) is 6.60. The lowest BCUT2D eigenvalue weighted by atomic mass is 9.88. The average Bonchev–Trinajstić information content (AvgIpc) is 2.48. The van der Waals surface area contributed by atoms with Crippen molar-refractivity contribution in [3.63, 3.8) is 0 Å². The van der Waals surface area contributed by atoms with Crippen LogP contribution in [0.5, 0.6) is 0 Å². The van der Waals surface area contributed by atoms with Crippen LogP contribution in [-0.4, -0.2) is 27.1 Å². The molecule has 1 aliphatic rings. The molecule has 0 spiro atoms. The summed E-state index contributed by atoms with van der Waals surface area (Å²) >= 11 is 1.85. The number of nitrogens with two attached hydrogens (primary N) is 1. The van der Waals surface area contributed by atoms with E-state index in [1.54, 1.807) is 0 Å². The maximum atomic E-state index is 12.0. The van der Waals surface area contributed by atoms with Gasteiger partial charge in [0.2, 0.25) is 0 Å². The van der Waals surface area contributed by atoms with E-state index >= 15 is 0 Å². The summed E-state index contributed by atoms with van der Waals surface area (Å²) in [6.07, 6.45) is 8.14. The Kier molecular flexibility index (Phi) is 5.03. The van der Waals surface area contributed by atoms with E-state index in [0.29, 0.717) is 18.8 Å². The topological polar surface area (TPSA) is 92.9 Å². The zero-order valence-corrected chi connectivity index (χ0v) is 13.5. The lowest BCUT2D eigenvalue weighted by Crippen LogP contribution is -2.39. The van der Waals surface area contributed by atoms with E-state index < -0.39 is 11.2 Å². The number of hydrogen-bond donors (Lipinski definition) is 3. The summed E-state index contributed by atoms with van der Waals surface area (Å²) < 4.78 is 1.53. The minimum Gasteiger partial charge on any atom is -0.383 e. The van der Waals surface area contributed by atoms with Crippen LogP contribution >= 0.6 is 11.8 Å². The van der Waals surface area contributed by atoms with Crippen LogP contribution in [0.1, 0.15) is 39.0 Å². The molecule has 0 unspecified atom stereocenters. The van der Waals surface area contributed by atoms with Crippen LogP contribution in [0, 0.1) is 0 Å². The highest BCUT2D eigenvalue weighted by Crippen LogP contribution is 2.38. The molecule has 6 nitrogen and oxygen atoms in total.